The predicted molar refractivity (Wildman–Crippen MR) is 69.6 cm³/mol. The minimum atomic E-state index is -0.664. The first-order valence-electron chi connectivity index (χ1n) is 5.55. The highest BCUT2D eigenvalue weighted by Crippen LogP contribution is 2.22. The summed E-state index contributed by atoms with van der Waals surface area (Å²) in [6, 6.07) is 11.3. The first-order chi connectivity index (χ1) is 9.26. The van der Waals surface area contributed by atoms with Crippen molar-refractivity contribution in [1.29, 1.82) is 5.26 Å². The topological polar surface area (TPSA) is 78.8 Å². The molecule has 0 unspecified atom stereocenters. The molecular formula is C14H11N3O2. The molecule has 1 N–H and O–H groups in total. The van der Waals surface area contributed by atoms with Crippen LogP contribution in [0.2, 0.25) is 0 Å². The number of nitrogens with one attached hydrogen (secondary N) is 1. The van der Waals surface area contributed by atoms with Gasteiger partial charge in [-0.3, -0.25) is 5.10 Å². The Hall–Kier alpha value is -2.87. The van der Waals surface area contributed by atoms with Gasteiger partial charge >= 0.3 is 5.97 Å². The van der Waals surface area contributed by atoms with E-state index >= 15 is 0 Å². The number of aromatic nitrogens is 2. The smallest absolute Gasteiger partial charge is 0.348 e. The van der Waals surface area contributed by atoms with Gasteiger partial charge in [0.1, 0.15) is 11.6 Å². The molecule has 0 aliphatic rings. The molecule has 19 heavy (non-hydrogen) atoms. The molecule has 0 spiro atoms. The average molecular weight is 253 g/mol. The third-order valence-corrected chi connectivity index (χ3v) is 2.56. The molecule has 1 aromatic heterocycles. The lowest BCUT2D eigenvalue weighted by atomic mass is 10.1. The van der Waals surface area contributed by atoms with Gasteiger partial charge in [-0.15, -0.1) is 0 Å². The number of esters is 1. The lowest BCUT2D eigenvalue weighted by Crippen LogP contribution is -2.02. The van der Waals surface area contributed by atoms with Gasteiger partial charge in [-0.2, -0.15) is 10.4 Å². The van der Waals surface area contributed by atoms with Crippen molar-refractivity contribution in [3.8, 4) is 17.3 Å². The molecule has 0 bridgehead atoms. The lowest BCUT2D eigenvalue weighted by molar-refractivity contribution is -0.135. The minimum Gasteiger partial charge on any atom is -0.465 e. The largest absolute Gasteiger partial charge is 0.465 e. The van der Waals surface area contributed by atoms with Crippen LogP contribution in [0.3, 0.4) is 0 Å². The fourth-order valence-corrected chi connectivity index (χ4v) is 1.64. The summed E-state index contributed by atoms with van der Waals surface area (Å²) in [4.78, 5) is 11.4. The van der Waals surface area contributed by atoms with Gasteiger partial charge in [-0.05, 0) is 6.08 Å². The number of ether oxygens (including phenoxy) is 1. The third-order valence-electron chi connectivity index (χ3n) is 2.56. The molecule has 0 saturated carbocycles. The van der Waals surface area contributed by atoms with E-state index in [0.717, 1.165) is 11.3 Å². The Morgan fingerprint density at radius 1 is 1.42 bits per heavy atom. The molecule has 0 aliphatic carbocycles. The van der Waals surface area contributed by atoms with E-state index in [1.54, 1.807) is 6.20 Å². The summed E-state index contributed by atoms with van der Waals surface area (Å²) in [6.07, 6.45) is 3.01. The van der Waals surface area contributed by atoms with Crippen LogP contribution >= 0.6 is 0 Å². The molecule has 0 amide bonds. The number of nitriles is 1. The van der Waals surface area contributed by atoms with Gasteiger partial charge in [0.15, 0.2) is 0 Å². The summed E-state index contributed by atoms with van der Waals surface area (Å²) in [6.45, 7) is 0. The summed E-state index contributed by atoms with van der Waals surface area (Å²) in [5, 5.41) is 15.7. The van der Waals surface area contributed by atoms with Crippen molar-refractivity contribution in [3.63, 3.8) is 0 Å². The van der Waals surface area contributed by atoms with E-state index in [-0.39, 0.29) is 5.57 Å². The van der Waals surface area contributed by atoms with Crippen molar-refractivity contribution < 1.29 is 9.53 Å². The highest BCUT2D eigenvalue weighted by molar-refractivity contribution is 5.98. The molecule has 0 radical (unpaired) electrons. The number of hydrogen-bond donors (Lipinski definition) is 1. The Labute approximate surface area is 110 Å². The number of H-pyrrole nitrogens is 1. The number of benzene rings is 1. The van der Waals surface area contributed by atoms with Crippen LogP contribution < -0.4 is 0 Å². The highest BCUT2D eigenvalue weighted by Gasteiger charge is 2.12. The normalized spacial score (nSPS) is 10.8. The van der Waals surface area contributed by atoms with E-state index < -0.39 is 5.97 Å². The van der Waals surface area contributed by atoms with E-state index in [1.165, 1.54) is 13.2 Å². The van der Waals surface area contributed by atoms with E-state index in [2.05, 4.69) is 14.9 Å². The molecule has 0 fully saturated rings. The number of carbonyl (C=O) groups excluding carboxylic acids is 1. The van der Waals surface area contributed by atoms with Crippen LogP contribution in [0.15, 0.2) is 42.1 Å². The van der Waals surface area contributed by atoms with Crippen molar-refractivity contribution in [3.05, 3.63) is 47.7 Å². The minimum absolute atomic E-state index is 0.0684. The van der Waals surface area contributed by atoms with E-state index in [0.29, 0.717) is 5.56 Å². The van der Waals surface area contributed by atoms with Crippen LogP contribution in [0.25, 0.3) is 17.3 Å². The summed E-state index contributed by atoms with van der Waals surface area (Å²) < 4.78 is 4.54. The van der Waals surface area contributed by atoms with Crippen molar-refractivity contribution >= 4 is 12.0 Å². The molecule has 1 heterocycles. The first kappa shape index (κ1) is 12.6. The zero-order chi connectivity index (χ0) is 13.7. The Kier molecular flexibility index (Phi) is 3.74. The second-order valence-electron chi connectivity index (χ2n) is 3.73. The SMILES string of the molecule is COC(=O)/C(C#N)=C\c1cn[nH]c1-c1ccccc1. The third kappa shape index (κ3) is 2.69. The summed E-state index contributed by atoms with van der Waals surface area (Å²) in [5.74, 6) is -0.664. The summed E-state index contributed by atoms with van der Waals surface area (Å²) in [5.41, 5.74) is 2.26. The van der Waals surface area contributed by atoms with Gasteiger partial charge in [0, 0.05) is 11.1 Å². The molecule has 5 heteroatoms. The second kappa shape index (κ2) is 5.65. The highest BCUT2D eigenvalue weighted by atomic mass is 16.5. The van der Waals surface area contributed by atoms with Gasteiger partial charge in [-0.1, -0.05) is 30.3 Å². The van der Waals surface area contributed by atoms with Gasteiger partial charge in [0.2, 0.25) is 0 Å². The molecule has 94 valence electrons. The molecule has 0 saturated heterocycles. The van der Waals surface area contributed by atoms with Crippen molar-refractivity contribution in [2.45, 2.75) is 0 Å². The standard InChI is InChI=1S/C14H11N3O2/c1-19-14(18)11(8-15)7-12-9-16-17-13(12)10-5-3-2-4-6-10/h2-7,9H,1H3,(H,16,17)/b11-7-. The van der Waals surface area contributed by atoms with Gasteiger partial charge < -0.3 is 4.74 Å². The Morgan fingerprint density at radius 3 is 2.79 bits per heavy atom. The number of aromatic amines is 1. The molecule has 0 aliphatic heterocycles. The molecule has 1 aromatic carbocycles. The maximum atomic E-state index is 11.4. The summed E-state index contributed by atoms with van der Waals surface area (Å²) in [7, 11) is 1.24. The predicted octanol–water partition coefficient (Wildman–Crippen LogP) is 2.16. The fraction of sp³-hybridized carbons (Fsp3) is 0.0714. The lowest BCUT2D eigenvalue weighted by Gasteiger charge is -2.00. The maximum absolute atomic E-state index is 11.4. The van der Waals surface area contributed by atoms with Crippen LogP contribution in [0.5, 0.6) is 0 Å². The Balaban J connectivity index is 2.44. The summed E-state index contributed by atoms with van der Waals surface area (Å²) >= 11 is 0. The molecule has 2 rings (SSSR count). The number of nitrogens with zero attached hydrogens (tertiary/aromatic N) is 2. The van der Waals surface area contributed by atoms with Crippen molar-refractivity contribution in [2.75, 3.05) is 7.11 Å². The van der Waals surface area contributed by atoms with Crippen LogP contribution in [0.1, 0.15) is 5.56 Å². The number of carbonyl (C=O) groups is 1. The monoisotopic (exact) mass is 253 g/mol. The second-order valence-corrected chi connectivity index (χ2v) is 3.73. The number of hydrogen-bond acceptors (Lipinski definition) is 4. The average Bonchev–Trinajstić information content (AvgIpc) is 2.93. The van der Waals surface area contributed by atoms with E-state index in [1.807, 2.05) is 36.4 Å². The van der Waals surface area contributed by atoms with Crippen molar-refractivity contribution in [1.82, 2.24) is 10.2 Å². The molecular weight excluding hydrogens is 242 g/mol. The van der Waals surface area contributed by atoms with Crippen LogP contribution in [-0.2, 0) is 9.53 Å². The molecule has 2 aromatic rings. The fourth-order valence-electron chi connectivity index (χ4n) is 1.64. The zero-order valence-corrected chi connectivity index (χ0v) is 10.3. The van der Waals surface area contributed by atoms with Crippen molar-refractivity contribution in [2.24, 2.45) is 0 Å². The van der Waals surface area contributed by atoms with Gasteiger partial charge in [0.05, 0.1) is 19.0 Å². The molecule has 5 nitrogen and oxygen atoms in total. The van der Waals surface area contributed by atoms with Crippen LogP contribution in [0.4, 0.5) is 0 Å². The quantitative estimate of drug-likeness (QED) is 0.516. The maximum Gasteiger partial charge on any atom is 0.348 e. The zero-order valence-electron chi connectivity index (χ0n) is 10.3. The Bertz CT molecular complexity index is 651. The van der Waals surface area contributed by atoms with Crippen LogP contribution in [0, 0.1) is 11.3 Å². The first-order valence-corrected chi connectivity index (χ1v) is 5.55. The Morgan fingerprint density at radius 2 is 2.16 bits per heavy atom. The number of rotatable bonds is 3. The van der Waals surface area contributed by atoms with E-state index in [9.17, 15) is 4.79 Å². The van der Waals surface area contributed by atoms with Crippen LogP contribution in [-0.4, -0.2) is 23.3 Å². The number of methoxy groups -OCH3 is 1. The van der Waals surface area contributed by atoms with E-state index in [4.69, 9.17) is 5.26 Å². The van der Waals surface area contributed by atoms with Gasteiger partial charge in [0.25, 0.3) is 0 Å². The molecule has 0 atom stereocenters. The van der Waals surface area contributed by atoms with Gasteiger partial charge in [-0.25, -0.2) is 4.79 Å².